The number of carbonyl (C=O) groups excluding carboxylic acids is 1. The fraction of sp³-hybridized carbons (Fsp3) is 0.500. The zero-order chi connectivity index (χ0) is 13.0. The molecule has 0 bridgehead atoms. The molecule has 0 radical (unpaired) electrons. The van der Waals surface area contributed by atoms with Crippen LogP contribution in [0.2, 0.25) is 0 Å². The van der Waals surface area contributed by atoms with E-state index in [1.165, 1.54) is 0 Å². The van der Waals surface area contributed by atoms with Gasteiger partial charge in [0.1, 0.15) is 0 Å². The molecule has 0 spiro atoms. The molecular formula is C14H20N2O2. The zero-order valence-corrected chi connectivity index (χ0v) is 10.7. The Kier molecular flexibility index (Phi) is 4.20. The van der Waals surface area contributed by atoms with Gasteiger partial charge in [0.25, 0.3) is 0 Å². The van der Waals surface area contributed by atoms with E-state index in [0.29, 0.717) is 19.1 Å². The first kappa shape index (κ1) is 12.9. The Balaban J connectivity index is 2.08. The number of nitrogens with zero attached hydrogens (tertiary/aromatic N) is 1. The van der Waals surface area contributed by atoms with Crippen LogP contribution in [0.15, 0.2) is 30.3 Å². The molecule has 98 valence electrons. The van der Waals surface area contributed by atoms with Gasteiger partial charge in [0, 0.05) is 12.5 Å². The van der Waals surface area contributed by atoms with E-state index < -0.39 is 0 Å². The van der Waals surface area contributed by atoms with Crippen LogP contribution in [0, 0.1) is 5.92 Å². The van der Waals surface area contributed by atoms with Crippen molar-refractivity contribution in [3.8, 4) is 0 Å². The summed E-state index contributed by atoms with van der Waals surface area (Å²) in [5.41, 5.74) is 6.70. The lowest BCUT2D eigenvalue weighted by atomic mass is 10.0. The quantitative estimate of drug-likeness (QED) is 0.888. The Morgan fingerprint density at radius 2 is 2.17 bits per heavy atom. The number of ether oxygens (including phenoxy) is 1. The molecule has 18 heavy (non-hydrogen) atoms. The second-order valence-corrected chi connectivity index (χ2v) is 4.76. The molecule has 1 heterocycles. The molecule has 1 fully saturated rings. The Bertz CT molecular complexity index is 394. The van der Waals surface area contributed by atoms with Crippen LogP contribution in [-0.4, -0.2) is 30.7 Å². The lowest BCUT2D eigenvalue weighted by Crippen LogP contribution is -2.44. The SMILES string of the molecule is CC(c1ccccc1)N1CC(CCN)COC1=O. The van der Waals surface area contributed by atoms with E-state index in [1.807, 2.05) is 37.3 Å². The third kappa shape index (κ3) is 2.82. The molecule has 1 amide bonds. The third-order valence-electron chi connectivity index (χ3n) is 3.46. The molecule has 1 aromatic carbocycles. The Morgan fingerprint density at radius 3 is 2.83 bits per heavy atom. The summed E-state index contributed by atoms with van der Waals surface area (Å²) in [5.74, 6) is 0.346. The molecule has 1 aromatic rings. The molecule has 2 unspecified atom stereocenters. The second-order valence-electron chi connectivity index (χ2n) is 4.76. The highest BCUT2D eigenvalue weighted by atomic mass is 16.6. The van der Waals surface area contributed by atoms with Gasteiger partial charge in [-0.25, -0.2) is 4.79 Å². The van der Waals surface area contributed by atoms with Gasteiger partial charge in [-0.3, -0.25) is 0 Å². The van der Waals surface area contributed by atoms with Gasteiger partial charge in [0.2, 0.25) is 0 Å². The number of hydrogen-bond donors (Lipinski definition) is 1. The number of hydrogen-bond acceptors (Lipinski definition) is 3. The minimum atomic E-state index is -0.223. The molecule has 1 aliphatic rings. The number of benzene rings is 1. The number of cyclic esters (lactones) is 1. The fourth-order valence-corrected chi connectivity index (χ4v) is 2.32. The molecule has 0 saturated carbocycles. The van der Waals surface area contributed by atoms with E-state index in [2.05, 4.69) is 0 Å². The highest BCUT2D eigenvalue weighted by Gasteiger charge is 2.30. The van der Waals surface area contributed by atoms with Crippen molar-refractivity contribution < 1.29 is 9.53 Å². The molecule has 2 N–H and O–H groups in total. The standard InChI is InChI=1S/C14H20N2O2/c1-11(13-5-3-2-4-6-13)16-9-12(7-8-15)10-18-14(16)17/h2-6,11-12H,7-10,15H2,1H3. The Labute approximate surface area is 108 Å². The maximum absolute atomic E-state index is 11.8. The molecule has 0 aliphatic carbocycles. The summed E-state index contributed by atoms with van der Waals surface area (Å²) in [5, 5.41) is 0. The predicted octanol–water partition coefficient (Wildman–Crippen LogP) is 2.16. The molecule has 1 saturated heterocycles. The van der Waals surface area contributed by atoms with Crippen molar-refractivity contribution >= 4 is 6.09 Å². The Morgan fingerprint density at radius 1 is 1.44 bits per heavy atom. The third-order valence-corrected chi connectivity index (χ3v) is 3.46. The van der Waals surface area contributed by atoms with E-state index in [-0.39, 0.29) is 12.1 Å². The highest BCUT2D eigenvalue weighted by Crippen LogP contribution is 2.25. The van der Waals surface area contributed by atoms with Crippen molar-refractivity contribution in [3.63, 3.8) is 0 Å². The lowest BCUT2D eigenvalue weighted by Gasteiger charge is -2.36. The molecule has 1 aliphatic heterocycles. The monoisotopic (exact) mass is 248 g/mol. The maximum Gasteiger partial charge on any atom is 0.410 e. The van der Waals surface area contributed by atoms with Crippen LogP contribution in [-0.2, 0) is 4.74 Å². The van der Waals surface area contributed by atoms with E-state index in [4.69, 9.17) is 10.5 Å². The van der Waals surface area contributed by atoms with Crippen molar-refractivity contribution in [2.45, 2.75) is 19.4 Å². The van der Waals surface area contributed by atoms with Gasteiger partial charge in [-0.05, 0) is 25.5 Å². The fourth-order valence-electron chi connectivity index (χ4n) is 2.32. The second kappa shape index (κ2) is 5.87. The van der Waals surface area contributed by atoms with Gasteiger partial charge in [0.15, 0.2) is 0 Å². The van der Waals surface area contributed by atoms with Crippen molar-refractivity contribution in [3.05, 3.63) is 35.9 Å². The first-order valence-corrected chi connectivity index (χ1v) is 6.40. The number of nitrogens with two attached hydrogens (primary N) is 1. The van der Waals surface area contributed by atoms with Gasteiger partial charge in [-0.15, -0.1) is 0 Å². The number of carbonyl (C=O) groups is 1. The molecule has 0 aromatic heterocycles. The highest BCUT2D eigenvalue weighted by molar-refractivity contribution is 5.69. The van der Waals surface area contributed by atoms with Gasteiger partial charge in [-0.2, -0.15) is 0 Å². The first-order chi connectivity index (χ1) is 8.72. The minimum absolute atomic E-state index is 0.0410. The lowest BCUT2D eigenvalue weighted by molar-refractivity contribution is 0.0271. The van der Waals surface area contributed by atoms with E-state index >= 15 is 0 Å². The molecule has 2 rings (SSSR count). The van der Waals surface area contributed by atoms with Crippen LogP contribution in [0.5, 0.6) is 0 Å². The van der Waals surface area contributed by atoms with E-state index in [9.17, 15) is 4.79 Å². The summed E-state index contributed by atoms with van der Waals surface area (Å²) >= 11 is 0. The largest absolute Gasteiger partial charge is 0.449 e. The van der Waals surface area contributed by atoms with Gasteiger partial charge in [0.05, 0.1) is 12.6 Å². The van der Waals surface area contributed by atoms with Crippen LogP contribution in [0.1, 0.15) is 24.9 Å². The van der Waals surface area contributed by atoms with Gasteiger partial charge >= 0.3 is 6.09 Å². The van der Waals surface area contributed by atoms with Crippen molar-refractivity contribution in [2.24, 2.45) is 11.7 Å². The smallest absolute Gasteiger partial charge is 0.410 e. The zero-order valence-electron chi connectivity index (χ0n) is 10.7. The van der Waals surface area contributed by atoms with Crippen LogP contribution in [0.4, 0.5) is 4.79 Å². The van der Waals surface area contributed by atoms with E-state index in [1.54, 1.807) is 4.90 Å². The molecule has 2 atom stereocenters. The summed E-state index contributed by atoms with van der Waals surface area (Å²) in [6.07, 6.45) is 0.672. The summed E-state index contributed by atoms with van der Waals surface area (Å²) in [6.45, 7) is 3.89. The number of amides is 1. The van der Waals surface area contributed by atoms with Crippen molar-refractivity contribution in [1.29, 1.82) is 0 Å². The van der Waals surface area contributed by atoms with E-state index in [0.717, 1.165) is 18.5 Å². The first-order valence-electron chi connectivity index (χ1n) is 6.40. The normalized spacial score (nSPS) is 21.6. The van der Waals surface area contributed by atoms with Crippen LogP contribution in [0.3, 0.4) is 0 Å². The van der Waals surface area contributed by atoms with Crippen molar-refractivity contribution in [2.75, 3.05) is 19.7 Å². The average Bonchev–Trinajstić information content (AvgIpc) is 2.41. The summed E-state index contributed by atoms with van der Waals surface area (Å²) in [4.78, 5) is 13.6. The van der Waals surface area contributed by atoms with Crippen LogP contribution < -0.4 is 5.73 Å². The molecule has 4 heteroatoms. The summed E-state index contributed by atoms with van der Waals surface area (Å²) in [7, 11) is 0. The van der Waals surface area contributed by atoms with Crippen LogP contribution >= 0.6 is 0 Å². The topological polar surface area (TPSA) is 55.6 Å². The average molecular weight is 248 g/mol. The van der Waals surface area contributed by atoms with Gasteiger partial charge in [-0.1, -0.05) is 30.3 Å². The van der Waals surface area contributed by atoms with Gasteiger partial charge < -0.3 is 15.4 Å². The summed E-state index contributed by atoms with van der Waals surface area (Å²) < 4.78 is 5.23. The minimum Gasteiger partial charge on any atom is -0.449 e. The molecular weight excluding hydrogens is 228 g/mol. The maximum atomic E-state index is 11.8. The number of rotatable bonds is 4. The van der Waals surface area contributed by atoms with Crippen molar-refractivity contribution in [1.82, 2.24) is 4.90 Å². The predicted molar refractivity (Wildman–Crippen MR) is 70.1 cm³/mol. The molecule has 4 nitrogen and oxygen atoms in total. The van der Waals surface area contributed by atoms with Crippen LogP contribution in [0.25, 0.3) is 0 Å². The Hall–Kier alpha value is -1.55. The summed E-state index contributed by atoms with van der Waals surface area (Å²) in [6, 6.07) is 10.0.